The van der Waals surface area contributed by atoms with Gasteiger partial charge in [0.25, 0.3) is 0 Å². The Balaban J connectivity index is 2.53. The molecule has 0 aromatic rings. The van der Waals surface area contributed by atoms with Gasteiger partial charge < -0.3 is 21.1 Å². The molecule has 0 unspecified atom stereocenters. The van der Waals surface area contributed by atoms with Gasteiger partial charge in [0.1, 0.15) is 0 Å². The summed E-state index contributed by atoms with van der Waals surface area (Å²) in [7, 11) is 0. The van der Waals surface area contributed by atoms with E-state index in [2.05, 4.69) is 0 Å². The molecule has 1 aliphatic carbocycles. The molecule has 0 aromatic heterocycles. The summed E-state index contributed by atoms with van der Waals surface area (Å²) >= 11 is 0. The smallest absolute Gasteiger partial charge is 0.0852 e. The quantitative estimate of drug-likeness (QED) is 0.388. The largest absolute Gasteiger partial charge is 0.396 e. The Hall–Kier alpha value is -0.160. The molecule has 1 saturated carbocycles. The molecular weight excluding hydrogens is 146 g/mol. The van der Waals surface area contributed by atoms with Crippen LogP contribution in [0.1, 0.15) is 6.42 Å². The van der Waals surface area contributed by atoms with Crippen LogP contribution in [-0.4, -0.2) is 40.7 Å². The zero-order valence-corrected chi connectivity index (χ0v) is 6.35. The van der Waals surface area contributed by atoms with Crippen molar-refractivity contribution in [3.05, 3.63) is 0 Å². The van der Waals surface area contributed by atoms with Gasteiger partial charge in [-0.2, -0.15) is 0 Å². The van der Waals surface area contributed by atoms with E-state index in [1.165, 1.54) is 0 Å². The van der Waals surface area contributed by atoms with Crippen molar-refractivity contribution in [3.8, 4) is 0 Å². The molecule has 4 atom stereocenters. The Labute approximate surface area is 65.6 Å². The first-order chi connectivity index (χ1) is 5.20. The maximum Gasteiger partial charge on any atom is 0.0852 e. The van der Waals surface area contributed by atoms with Crippen molar-refractivity contribution >= 4 is 0 Å². The van der Waals surface area contributed by atoms with Crippen LogP contribution in [0.5, 0.6) is 0 Å². The maximum atomic E-state index is 9.32. The van der Waals surface area contributed by atoms with Crippen molar-refractivity contribution < 1.29 is 15.3 Å². The molecule has 0 heterocycles. The van der Waals surface area contributed by atoms with Crippen LogP contribution in [-0.2, 0) is 0 Å². The fourth-order valence-corrected chi connectivity index (χ4v) is 1.64. The van der Waals surface area contributed by atoms with Crippen molar-refractivity contribution in [2.75, 3.05) is 13.2 Å². The van der Waals surface area contributed by atoms with Gasteiger partial charge in [-0.25, -0.2) is 0 Å². The number of hydrogen-bond donors (Lipinski definition) is 4. The molecule has 5 N–H and O–H groups in total. The Kier molecular flexibility index (Phi) is 2.84. The lowest BCUT2D eigenvalue weighted by Crippen LogP contribution is -2.31. The van der Waals surface area contributed by atoms with E-state index in [1.54, 1.807) is 0 Å². The second kappa shape index (κ2) is 3.49. The minimum Gasteiger partial charge on any atom is -0.396 e. The van der Waals surface area contributed by atoms with E-state index in [0.29, 0.717) is 13.0 Å². The Morgan fingerprint density at radius 3 is 2.00 bits per heavy atom. The fourth-order valence-electron chi connectivity index (χ4n) is 1.64. The molecule has 1 aliphatic rings. The first-order valence-electron chi connectivity index (χ1n) is 3.87. The van der Waals surface area contributed by atoms with Crippen molar-refractivity contribution in [1.29, 1.82) is 0 Å². The summed E-state index contributed by atoms with van der Waals surface area (Å²) in [6, 6.07) is 0. The highest BCUT2D eigenvalue weighted by molar-refractivity contribution is 4.90. The van der Waals surface area contributed by atoms with Crippen molar-refractivity contribution in [2.45, 2.75) is 18.6 Å². The summed E-state index contributed by atoms with van der Waals surface area (Å²) in [6.45, 7) is 0.295. The van der Waals surface area contributed by atoms with Gasteiger partial charge in [-0.3, -0.25) is 0 Å². The van der Waals surface area contributed by atoms with Crippen LogP contribution >= 0.6 is 0 Å². The van der Waals surface area contributed by atoms with Gasteiger partial charge in [0.05, 0.1) is 12.2 Å². The summed E-state index contributed by atoms with van der Waals surface area (Å²) in [5.41, 5.74) is 5.35. The standard InChI is InChI=1S/C7H15NO3/c8-2-4-1-5(3-9)7(11)6(4)10/h4-7,9-11H,1-3,8H2/t4-,5-,6+,7+/m0/s1. The Bertz CT molecular complexity index is 113. The number of nitrogens with two attached hydrogens (primary N) is 1. The van der Waals surface area contributed by atoms with Gasteiger partial charge in [0.2, 0.25) is 0 Å². The van der Waals surface area contributed by atoms with Gasteiger partial charge in [0.15, 0.2) is 0 Å². The predicted molar refractivity (Wildman–Crippen MR) is 39.8 cm³/mol. The van der Waals surface area contributed by atoms with E-state index in [0.717, 1.165) is 0 Å². The molecule has 0 aliphatic heterocycles. The van der Waals surface area contributed by atoms with Crippen LogP contribution < -0.4 is 5.73 Å². The lowest BCUT2D eigenvalue weighted by molar-refractivity contribution is -0.00476. The number of aliphatic hydroxyl groups is 3. The third kappa shape index (κ3) is 1.54. The van der Waals surface area contributed by atoms with Crippen LogP contribution in [0.25, 0.3) is 0 Å². The molecule has 4 nitrogen and oxygen atoms in total. The van der Waals surface area contributed by atoms with Crippen LogP contribution in [0.2, 0.25) is 0 Å². The van der Waals surface area contributed by atoms with E-state index in [-0.39, 0.29) is 18.4 Å². The highest BCUT2D eigenvalue weighted by Gasteiger charge is 2.39. The van der Waals surface area contributed by atoms with Crippen molar-refractivity contribution in [2.24, 2.45) is 17.6 Å². The Morgan fingerprint density at radius 1 is 1.18 bits per heavy atom. The molecular formula is C7H15NO3. The summed E-state index contributed by atoms with van der Waals surface area (Å²) in [4.78, 5) is 0. The van der Waals surface area contributed by atoms with Gasteiger partial charge >= 0.3 is 0 Å². The molecule has 4 heteroatoms. The topological polar surface area (TPSA) is 86.7 Å². The zero-order chi connectivity index (χ0) is 8.43. The maximum absolute atomic E-state index is 9.32. The average Bonchev–Trinajstić information content (AvgIpc) is 2.30. The number of rotatable bonds is 2. The van der Waals surface area contributed by atoms with Crippen LogP contribution in [0.15, 0.2) is 0 Å². The molecule has 0 radical (unpaired) electrons. The van der Waals surface area contributed by atoms with Gasteiger partial charge in [-0.05, 0) is 13.0 Å². The highest BCUT2D eigenvalue weighted by Crippen LogP contribution is 2.30. The highest BCUT2D eigenvalue weighted by atomic mass is 16.3. The van der Waals surface area contributed by atoms with E-state index in [1.807, 2.05) is 0 Å². The minimum atomic E-state index is -0.798. The predicted octanol–water partition coefficient (Wildman–Crippen LogP) is -1.70. The monoisotopic (exact) mass is 161 g/mol. The fraction of sp³-hybridized carbons (Fsp3) is 1.00. The molecule has 1 fully saturated rings. The summed E-state index contributed by atoms with van der Waals surface area (Å²) in [5, 5.41) is 27.4. The third-order valence-corrected chi connectivity index (χ3v) is 2.46. The molecule has 0 saturated heterocycles. The summed E-state index contributed by atoms with van der Waals surface area (Å²) in [5.74, 6) is -0.249. The van der Waals surface area contributed by atoms with Gasteiger partial charge in [-0.15, -0.1) is 0 Å². The number of aliphatic hydroxyl groups excluding tert-OH is 3. The molecule has 0 amide bonds. The van der Waals surface area contributed by atoms with Crippen LogP contribution in [0, 0.1) is 11.8 Å². The minimum absolute atomic E-state index is 0.0536. The molecule has 11 heavy (non-hydrogen) atoms. The van der Waals surface area contributed by atoms with Gasteiger partial charge in [-0.1, -0.05) is 0 Å². The van der Waals surface area contributed by atoms with Crippen molar-refractivity contribution in [3.63, 3.8) is 0 Å². The molecule has 66 valence electrons. The van der Waals surface area contributed by atoms with E-state index in [9.17, 15) is 10.2 Å². The molecule has 0 bridgehead atoms. The van der Waals surface area contributed by atoms with Gasteiger partial charge in [0, 0.05) is 18.4 Å². The first-order valence-corrected chi connectivity index (χ1v) is 3.87. The van der Waals surface area contributed by atoms with Crippen LogP contribution in [0.4, 0.5) is 0 Å². The second-order valence-electron chi connectivity index (χ2n) is 3.16. The molecule has 1 rings (SSSR count). The average molecular weight is 161 g/mol. The zero-order valence-electron chi connectivity index (χ0n) is 6.35. The summed E-state index contributed by atoms with van der Waals surface area (Å²) in [6.07, 6.45) is -0.930. The van der Waals surface area contributed by atoms with Crippen LogP contribution in [0.3, 0.4) is 0 Å². The first kappa shape index (κ1) is 8.93. The second-order valence-corrected chi connectivity index (χ2v) is 3.16. The lowest BCUT2D eigenvalue weighted by atomic mass is 10.1. The molecule has 0 aromatic carbocycles. The van der Waals surface area contributed by atoms with Crippen molar-refractivity contribution in [1.82, 2.24) is 0 Å². The summed E-state index contributed by atoms with van der Waals surface area (Å²) < 4.78 is 0. The normalized spacial score (nSPS) is 44.7. The third-order valence-electron chi connectivity index (χ3n) is 2.46. The SMILES string of the molecule is NC[C@@H]1C[C@@H](CO)[C@@H](O)[C@@H]1O. The molecule has 0 spiro atoms. The number of hydrogen-bond acceptors (Lipinski definition) is 4. The lowest BCUT2D eigenvalue weighted by Gasteiger charge is -2.14. The van der Waals surface area contributed by atoms with E-state index >= 15 is 0 Å². The van der Waals surface area contributed by atoms with E-state index < -0.39 is 12.2 Å². The Morgan fingerprint density at radius 2 is 1.73 bits per heavy atom. The van der Waals surface area contributed by atoms with E-state index in [4.69, 9.17) is 10.8 Å².